The Morgan fingerprint density at radius 3 is 2.51 bits per heavy atom. The van der Waals surface area contributed by atoms with E-state index in [0.717, 1.165) is 58.2 Å². The predicted molar refractivity (Wildman–Crippen MR) is 141 cm³/mol. The summed E-state index contributed by atoms with van der Waals surface area (Å²) in [6.07, 6.45) is 14.2. The van der Waals surface area contributed by atoms with Crippen LogP contribution in [0.4, 0.5) is 0 Å². The molecule has 0 N–H and O–H groups in total. The lowest BCUT2D eigenvalue weighted by atomic mass is 9.61. The molecule has 3 fully saturated rings. The highest BCUT2D eigenvalue weighted by molar-refractivity contribution is 5.13. The molecule has 3 aliphatic rings. The summed E-state index contributed by atoms with van der Waals surface area (Å²) in [6.45, 7) is 13.4. The summed E-state index contributed by atoms with van der Waals surface area (Å²) < 4.78 is 25.3. The van der Waals surface area contributed by atoms with Crippen molar-refractivity contribution < 1.29 is 18.9 Å². The van der Waals surface area contributed by atoms with Gasteiger partial charge < -0.3 is 18.9 Å². The first kappa shape index (κ1) is 26.9. The minimum absolute atomic E-state index is 0.102. The zero-order chi connectivity index (χ0) is 24.9. The van der Waals surface area contributed by atoms with Crippen LogP contribution in [0, 0.1) is 17.3 Å². The second-order valence-electron chi connectivity index (χ2n) is 12.4. The highest BCUT2D eigenvalue weighted by Crippen LogP contribution is 2.60. The Hall–Kier alpha value is -1.20. The first-order valence-corrected chi connectivity index (χ1v) is 14.0. The lowest BCUT2D eigenvalue weighted by Crippen LogP contribution is -2.53. The van der Waals surface area contributed by atoms with E-state index in [1.165, 1.54) is 12.0 Å². The molecule has 4 nitrogen and oxygen atoms in total. The van der Waals surface area contributed by atoms with E-state index in [2.05, 4.69) is 71.0 Å². The summed E-state index contributed by atoms with van der Waals surface area (Å²) in [7, 11) is 0. The molecule has 1 aromatic rings. The molecule has 4 rings (SSSR count). The van der Waals surface area contributed by atoms with Crippen molar-refractivity contribution in [1.29, 1.82) is 0 Å². The van der Waals surface area contributed by atoms with Gasteiger partial charge in [-0.25, -0.2) is 0 Å². The van der Waals surface area contributed by atoms with Crippen LogP contribution < -0.4 is 0 Å². The molecule has 4 heteroatoms. The van der Waals surface area contributed by atoms with Gasteiger partial charge in [0.25, 0.3) is 0 Å². The number of ether oxygens (including phenoxy) is 4. The molecule has 35 heavy (non-hydrogen) atoms. The van der Waals surface area contributed by atoms with Crippen molar-refractivity contribution in [2.75, 3.05) is 13.2 Å². The second-order valence-corrected chi connectivity index (χ2v) is 12.4. The fourth-order valence-electron chi connectivity index (χ4n) is 6.61. The number of benzene rings is 1. The highest BCUT2D eigenvalue weighted by atomic mass is 16.7. The minimum Gasteiger partial charge on any atom is -0.374 e. The molecule has 0 radical (unpaired) electrons. The van der Waals surface area contributed by atoms with Crippen LogP contribution in [0.2, 0.25) is 0 Å². The van der Waals surface area contributed by atoms with Crippen LogP contribution in [-0.4, -0.2) is 36.8 Å². The van der Waals surface area contributed by atoms with Gasteiger partial charge in [0.2, 0.25) is 0 Å². The van der Waals surface area contributed by atoms with Crippen molar-refractivity contribution in [2.45, 2.75) is 116 Å². The first-order valence-electron chi connectivity index (χ1n) is 14.0. The van der Waals surface area contributed by atoms with E-state index >= 15 is 0 Å². The molecular weight excluding hydrogens is 436 g/mol. The standard InChI is InChI=1S/C31H48O4/c1-24(32-23-25-14-10-8-11-15-25)13-9-6-7-12-16-27-21-30(5)26(22-31(27)33-19-20-34-31)17-18-28(30)35-29(2,3)4/h7-8,10-12,14-15,24,26-28H,6,9,13,16-23H2,1-5H3/b12-7+/t24-,26+,27-,28+,30+/m1/s1. The van der Waals surface area contributed by atoms with Gasteiger partial charge in [-0.2, -0.15) is 0 Å². The molecule has 1 spiro atoms. The summed E-state index contributed by atoms with van der Waals surface area (Å²) in [6, 6.07) is 10.4. The van der Waals surface area contributed by atoms with Crippen molar-refractivity contribution in [1.82, 2.24) is 0 Å². The number of fused-ring (bicyclic) bond motifs is 1. The maximum Gasteiger partial charge on any atom is 0.171 e. The van der Waals surface area contributed by atoms with E-state index in [4.69, 9.17) is 18.9 Å². The topological polar surface area (TPSA) is 36.9 Å². The lowest BCUT2D eigenvalue weighted by Gasteiger charge is -2.51. The van der Waals surface area contributed by atoms with E-state index in [0.29, 0.717) is 24.5 Å². The zero-order valence-electron chi connectivity index (χ0n) is 22.8. The van der Waals surface area contributed by atoms with Crippen LogP contribution in [0.1, 0.15) is 91.5 Å². The third kappa shape index (κ3) is 6.77. The molecule has 1 heterocycles. The SMILES string of the molecule is C[C@H](CCC/C=C/C[C@@H]1C[C@@]2(C)[C@@H](CC[C@@H]2OC(C)(C)C)CC12OCCO2)OCc1ccccc1. The Morgan fingerprint density at radius 2 is 1.80 bits per heavy atom. The Morgan fingerprint density at radius 1 is 1.06 bits per heavy atom. The molecule has 1 aliphatic heterocycles. The molecule has 0 aromatic heterocycles. The molecule has 196 valence electrons. The Bertz CT molecular complexity index is 807. The average Bonchev–Trinajstić information content (AvgIpc) is 3.40. The average molecular weight is 485 g/mol. The van der Waals surface area contributed by atoms with Crippen LogP contribution in [0.3, 0.4) is 0 Å². The van der Waals surface area contributed by atoms with Gasteiger partial charge in [-0.15, -0.1) is 0 Å². The summed E-state index contributed by atoms with van der Waals surface area (Å²) in [5, 5.41) is 0. The maximum atomic E-state index is 6.59. The normalized spacial score (nSPS) is 31.3. The number of allylic oxidation sites excluding steroid dienone is 2. The van der Waals surface area contributed by atoms with Crippen LogP contribution in [0.25, 0.3) is 0 Å². The number of hydrogen-bond donors (Lipinski definition) is 0. The van der Waals surface area contributed by atoms with Gasteiger partial charge in [-0.3, -0.25) is 0 Å². The summed E-state index contributed by atoms with van der Waals surface area (Å²) in [4.78, 5) is 0. The smallest absolute Gasteiger partial charge is 0.171 e. The summed E-state index contributed by atoms with van der Waals surface area (Å²) >= 11 is 0. The summed E-state index contributed by atoms with van der Waals surface area (Å²) in [5.74, 6) is 0.621. The van der Waals surface area contributed by atoms with E-state index in [1.54, 1.807) is 0 Å². The second kappa shape index (κ2) is 11.5. The van der Waals surface area contributed by atoms with Gasteiger partial charge in [-0.1, -0.05) is 49.4 Å². The molecule has 5 atom stereocenters. The van der Waals surface area contributed by atoms with Crippen molar-refractivity contribution in [3.63, 3.8) is 0 Å². The molecule has 0 amide bonds. The molecule has 0 unspecified atom stereocenters. The molecule has 2 saturated carbocycles. The van der Waals surface area contributed by atoms with Gasteiger partial charge in [0.05, 0.1) is 37.6 Å². The van der Waals surface area contributed by atoms with Gasteiger partial charge in [0, 0.05) is 12.3 Å². The maximum absolute atomic E-state index is 6.59. The van der Waals surface area contributed by atoms with Gasteiger partial charge in [0.15, 0.2) is 5.79 Å². The Balaban J connectivity index is 1.26. The largest absolute Gasteiger partial charge is 0.374 e. The Labute approximate surface area is 213 Å². The van der Waals surface area contributed by atoms with Crippen molar-refractivity contribution in [3.8, 4) is 0 Å². The van der Waals surface area contributed by atoms with E-state index < -0.39 is 0 Å². The van der Waals surface area contributed by atoms with Gasteiger partial charge in [-0.05, 0) is 89.5 Å². The van der Waals surface area contributed by atoms with Gasteiger partial charge >= 0.3 is 0 Å². The van der Waals surface area contributed by atoms with Crippen molar-refractivity contribution >= 4 is 0 Å². The number of hydrogen-bond acceptors (Lipinski definition) is 4. The monoisotopic (exact) mass is 484 g/mol. The lowest BCUT2D eigenvalue weighted by molar-refractivity contribution is -0.248. The molecule has 2 aliphatic carbocycles. The number of unbranched alkanes of at least 4 members (excludes halogenated alkanes) is 1. The third-order valence-corrected chi connectivity index (χ3v) is 8.50. The first-order chi connectivity index (χ1) is 16.7. The van der Waals surface area contributed by atoms with Crippen LogP contribution >= 0.6 is 0 Å². The van der Waals surface area contributed by atoms with E-state index in [-0.39, 0.29) is 22.9 Å². The van der Waals surface area contributed by atoms with Crippen LogP contribution in [0.15, 0.2) is 42.5 Å². The molecular formula is C31H48O4. The van der Waals surface area contributed by atoms with E-state index in [9.17, 15) is 0 Å². The van der Waals surface area contributed by atoms with E-state index in [1.807, 2.05) is 6.07 Å². The number of rotatable bonds is 10. The third-order valence-electron chi connectivity index (χ3n) is 8.50. The summed E-state index contributed by atoms with van der Waals surface area (Å²) in [5.41, 5.74) is 1.35. The minimum atomic E-state index is -0.384. The molecule has 1 aromatic carbocycles. The predicted octanol–water partition coefficient (Wildman–Crippen LogP) is 7.46. The Kier molecular flexibility index (Phi) is 8.79. The molecule has 1 saturated heterocycles. The van der Waals surface area contributed by atoms with Crippen LogP contribution in [-0.2, 0) is 25.6 Å². The fourth-order valence-corrected chi connectivity index (χ4v) is 6.61. The van der Waals surface area contributed by atoms with Crippen molar-refractivity contribution in [2.24, 2.45) is 17.3 Å². The highest BCUT2D eigenvalue weighted by Gasteiger charge is 2.60. The quantitative estimate of drug-likeness (QED) is 0.255. The van der Waals surface area contributed by atoms with Crippen LogP contribution in [0.5, 0.6) is 0 Å². The fraction of sp³-hybridized carbons (Fsp3) is 0.742. The zero-order valence-corrected chi connectivity index (χ0v) is 22.8. The van der Waals surface area contributed by atoms with Crippen molar-refractivity contribution in [3.05, 3.63) is 48.0 Å². The van der Waals surface area contributed by atoms with Gasteiger partial charge in [0.1, 0.15) is 0 Å². The molecule has 0 bridgehead atoms.